The standard InChI is InChI=1S/C16H23N7O/c24-13(8-12-2-1-5-17-12)22-11-3-6-23(7-4-11)16-14-15(19-9-18-14)20-10-21-16/h9-12,17H,1-8H2,(H,22,24)(H,18,19,20,21)/t12-/m0/s1. The Bertz CT molecular complexity index is 701. The molecule has 4 heterocycles. The maximum absolute atomic E-state index is 12.2. The molecule has 1 amide bonds. The first-order valence-electron chi connectivity index (χ1n) is 8.71. The fourth-order valence-corrected chi connectivity index (χ4v) is 3.67. The van der Waals surface area contributed by atoms with Crippen molar-refractivity contribution in [3.05, 3.63) is 12.7 Å². The Hall–Kier alpha value is -2.22. The maximum Gasteiger partial charge on any atom is 0.221 e. The van der Waals surface area contributed by atoms with Crippen molar-refractivity contribution in [1.82, 2.24) is 30.6 Å². The van der Waals surface area contributed by atoms with E-state index >= 15 is 0 Å². The number of hydrogen-bond donors (Lipinski definition) is 3. The van der Waals surface area contributed by atoms with Crippen LogP contribution in [0.2, 0.25) is 0 Å². The third-order valence-electron chi connectivity index (χ3n) is 4.96. The number of fused-ring (bicyclic) bond motifs is 1. The number of hydrogen-bond acceptors (Lipinski definition) is 6. The van der Waals surface area contributed by atoms with E-state index in [4.69, 9.17) is 0 Å². The van der Waals surface area contributed by atoms with Crippen molar-refractivity contribution >= 4 is 22.9 Å². The van der Waals surface area contributed by atoms with Gasteiger partial charge in [-0.25, -0.2) is 15.0 Å². The maximum atomic E-state index is 12.2. The van der Waals surface area contributed by atoms with E-state index < -0.39 is 0 Å². The summed E-state index contributed by atoms with van der Waals surface area (Å²) in [6, 6.07) is 0.619. The molecule has 3 N–H and O–H groups in total. The summed E-state index contributed by atoms with van der Waals surface area (Å²) >= 11 is 0. The first-order valence-corrected chi connectivity index (χ1v) is 8.71. The van der Waals surface area contributed by atoms with Gasteiger partial charge in [0.25, 0.3) is 0 Å². The second-order valence-corrected chi connectivity index (χ2v) is 6.62. The van der Waals surface area contributed by atoms with Gasteiger partial charge < -0.3 is 20.5 Å². The number of imidazole rings is 1. The van der Waals surface area contributed by atoms with Crippen LogP contribution in [0, 0.1) is 0 Å². The SMILES string of the molecule is O=C(C[C@@H]1CCCN1)NC1CCN(c2ncnc3nc[nH]c23)CC1. The molecule has 0 saturated carbocycles. The van der Waals surface area contributed by atoms with E-state index in [1.54, 1.807) is 12.7 Å². The molecule has 8 heteroatoms. The van der Waals surface area contributed by atoms with Crippen molar-refractivity contribution in [3.63, 3.8) is 0 Å². The highest BCUT2D eigenvalue weighted by Crippen LogP contribution is 2.23. The lowest BCUT2D eigenvalue weighted by atomic mass is 10.0. The first-order chi connectivity index (χ1) is 11.8. The predicted octanol–water partition coefficient (Wildman–Crippen LogP) is 0.580. The fraction of sp³-hybridized carbons (Fsp3) is 0.625. The van der Waals surface area contributed by atoms with Crippen LogP contribution in [0.1, 0.15) is 32.1 Å². The number of rotatable bonds is 4. The third-order valence-corrected chi connectivity index (χ3v) is 4.96. The minimum atomic E-state index is 0.172. The predicted molar refractivity (Wildman–Crippen MR) is 90.7 cm³/mol. The van der Waals surface area contributed by atoms with E-state index in [1.807, 2.05) is 0 Å². The number of piperidine rings is 1. The van der Waals surface area contributed by atoms with Crippen molar-refractivity contribution < 1.29 is 4.79 Å². The van der Waals surface area contributed by atoms with Crippen molar-refractivity contribution in [3.8, 4) is 0 Å². The molecule has 2 aromatic rings. The molecular formula is C16H23N7O. The summed E-state index contributed by atoms with van der Waals surface area (Å²) in [6.07, 6.45) is 7.96. The van der Waals surface area contributed by atoms with Crippen LogP contribution < -0.4 is 15.5 Å². The van der Waals surface area contributed by atoms with E-state index in [1.165, 1.54) is 6.42 Å². The molecule has 24 heavy (non-hydrogen) atoms. The van der Waals surface area contributed by atoms with Gasteiger partial charge in [-0.2, -0.15) is 0 Å². The summed E-state index contributed by atoms with van der Waals surface area (Å²) in [6.45, 7) is 2.78. The molecule has 2 saturated heterocycles. The Balaban J connectivity index is 1.31. The number of H-pyrrole nitrogens is 1. The topological polar surface area (TPSA) is 98.8 Å². The van der Waals surface area contributed by atoms with Crippen LogP contribution in [0.5, 0.6) is 0 Å². The summed E-state index contributed by atoms with van der Waals surface area (Å²) in [4.78, 5) is 30.3. The molecular weight excluding hydrogens is 306 g/mol. The molecule has 0 radical (unpaired) electrons. The van der Waals surface area contributed by atoms with Gasteiger partial charge in [0.1, 0.15) is 11.8 Å². The molecule has 2 aliphatic heterocycles. The van der Waals surface area contributed by atoms with Crippen LogP contribution in [-0.4, -0.2) is 57.6 Å². The van der Waals surface area contributed by atoms with E-state index in [-0.39, 0.29) is 11.9 Å². The van der Waals surface area contributed by atoms with Crippen molar-refractivity contribution in [2.45, 2.75) is 44.2 Å². The quantitative estimate of drug-likeness (QED) is 0.759. The van der Waals surface area contributed by atoms with Gasteiger partial charge in [0.05, 0.1) is 6.33 Å². The Morgan fingerprint density at radius 2 is 2.12 bits per heavy atom. The lowest BCUT2D eigenvalue weighted by Gasteiger charge is -2.33. The number of nitrogens with zero attached hydrogens (tertiary/aromatic N) is 4. The molecule has 128 valence electrons. The van der Waals surface area contributed by atoms with Gasteiger partial charge in [0.2, 0.25) is 5.91 Å². The van der Waals surface area contributed by atoms with Gasteiger partial charge in [-0.1, -0.05) is 0 Å². The van der Waals surface area contributed by atoms with Crippen LogP contribution in [0.3, 0.4) is 0 Å². The highest BCUT2D eigenvalue weighted by atomic mass is 16.1. The monoisotopic (exact) mass is 329 g/mol. The van der Waals surface area contributed by atoms with E-state index in [9.17, 15) is 4.79 Å². The second kappa shape index (κ2) is 6.72. The number of carbonyl (C=O) groups excluding carboxylic acids is 1. The molecule has 0 aromatic carbocycles. The van der Waals surface area contributed by atoms with Gasteiger partial charge in [-0.15, -0.1) is 0 Å². The molecule has 0 spiro atoms. The zero-order chi connectivity index (χ0) is 16.4. The van der Waals surface area contributed by atoms with E-state index in [0.717, 1.165) is 50.2 Å². The Labute approximate surface area is 140 Å². The molecule has 4 rings (SSSR count). The molecule has 0 aliphatic carbocycles. The minimum absolute atomic E-state index is 0.172. The average molecular weight is 329 g/mol. The van der Waals surface area contributed by atoms with Gasteiger partial charge in [0, 0.05) is 31.6 Å². The Kier molecular flexibility index (Phi) is 4.29. The zero-order valence-corrected chi connectivity index (χ0v) is 13.7. The summed E-state index contributed by atoms with van der Waals surface area (Å²) in [5.74, 6) is 1.07. The smallest absolute Gasteiger partial charge is 0.221 e. The van der Waals surface area contributed by atoms with Gasteiger partial charge >= 0.3 is 0 Å². The number of aromatic nitrogens is 4. The van der Waals surface area contributed by atoms with Crippen LogP contribution in [0.15, 0.2) is 12.7 Å². The minimum Gasteiger partial charge on any atom is -0.355 e. The normalized spacial score (nSPS) is 22.2. The van der Waals surface area contributed by atoms with Crippen molar-refractivity contribution in [2.24, 2.45) is 0 Å². The molecule has 8 nitrogen and oxygen atoms in total. The van der Waals surface area contributed by atoms with Crippen LogP contribution >= 0.6 is 0 Å². The van der Waals surface area contributed by atoms with Gasteiger partial charge in [0.15, 0.2) is 11.5 Å². The Morgan fingerprint density at radius 1 is 1.25 bits per heavy atom. The summed E-state index contributed by atoms with van der Waals surface area (Å²) in [5, 5.41) is 6.57. The van der Waals surface area contributed by atoms with E-state index in [2.05, 4.69) is 35.5 Å². The average Bonchev–Trinajstić information content (AvgIpc) is 3.26. The first kappa shape index (κ1) is 15.3. The second-order valence-electron chi connectivity index (χ2n) is 6.62. The summed E-state index contributed by atoms with van der Waals surface area (Å²) < 4.78 is 0. The molecule has 2 aliphatic rings. The Morgan fingerprint density at radius 3 is 2.92 bits per heavy atom. The molecule has 0 unspecified atom stereocenters. The summed E-state index contributed by atoms with van der Waals surface area (Å²) in [5.41, 5.74) is 1.58. The number of nitrogens with one attached hydrogen (secondary N) is 3. The van der Waals surface area contributed by atoms with Crippen molar-refractivity contribution in [2.75, 3.05) is 24.5 Å². The highest BCUT2D eigenvalue weighted by molar-refractivity contribution is 5.82. The number of amides is 1. The van der Waals surface area contributed by atoms with E-state index in [0.29, 0.717) is 18.1 Å². The summed E-state index contributed by atoms with van der Waals surface area (Å²) in [7, 11) is 0. The van der Waals surface area contributed by atoms with Crippen LogP contribution in [-0.2, 0) is 4.79 Å². The van der Waals surface area contributed by atoms with Crippen LogP contribution in [0.25, 0.3) is 11.2 Å². The van der Waals surface area contributed by atoms with Gasteiger partial charge in [-0.3, -0.25) is 4.79 Å². The fourth-order valence-electron chi connectivity index (χ4n) is 3.67. The molecule has 2 fully saturated rings. The van der Waals surface area contributed by atoms with Crippen molar-refractivity contribution in [1.29, 1.82) is 0 Å². The number of anilines is 1. The third kappa shape index (κ3) is 3.19. The van der Waals surface area contributed by atoms with Crippen LogP contribution in [0.4, 0.5) is 5.82 Å². The zero-order valence-electron chi connectivity index (χ0n) is 13.7. The highest BCUT2D eigenvalue weighted by Gasteiger charge is 2.24. The molecule has 1 atom stereocenters. The molecule has 2 aromatic heterocycles. The largest absolute Gasteiger partial charge is 0.355 e. The molecule has 0 bridgehead atoms. The number of carbonyl (C=O) groups is 1. The van der Waals surface area contributed by atoms with Gasteiger partial charge in [-0.05, 0) is 32.2 Å². The number of aromatic amines is 1. The lowest BCUT2D eigenvalue weighted by molar-refractivity contribution is -0.122. The lowest BCUT2D eigenvalue weighted by Crippen LogP contribution is -2.46.